The van der Waals surface area contributed by atoms with Crippen LogP contribution in [0.3, 0.4) is 0 Å². The molecule has 1 rings (SSSR count). The van der Waals surface area contributed by atoms with E-state index in [4.69, 9.17) is 10.2 Å². The van der Waals surface area contributed by atoms with E-state index in [-0.39, 0.29) is 38.9 Å². The fourth-order valence-electron chi connectivity index (χ4n) is 3.27. The van der Waals surface area contributed by atoms with Crippen molar-refractivity contribution >= 4 is 17.9 Å². The lowest BCUT2D eigenvalue weighted by molar-refractivity contribution is -0.305. The minimum atomic E-state index is -1.16. The third kappa shape index (κ3) is 16.5. The Balaban J connectivity index is 2.84. The van der Waals surface area contributed by atoms with Gasteiger partial charge in [0.05, 0.1) is 12.8 Å². The van der Waals surface area contributed by atoms with E-state index in [0.717, 1.165) is 0 Å². The number of hydrogen-bond donors (Lipinski definition) is 2. The molecule has 1 unspecified atom stereocenters. The van der Waals surface area contributed by atoms with Crippen LogP contribution in [0.4, 0.5) is 0 Å². The SMILES string of the molecule is CC#CC#CC#CC#CC#CC#CC#CC#CC1N(CCC(=O)[O-])CCN1CCN(CCC(=O)O)CCC(=O)O. The molecule has 0 radical (unpaired) electrons. The summed E-state index contributed by atoms with van der Waals surface area (Å²) in [5, 5.41) is 28.9. The summed E-state index contributed by atoms with van der Waals surface area (Å²) in [4.78, 5) is 38.6. The molecule has 0 saturated carbocycles. The molecule has 1 heterocycles. The zero-order valence-corrected chi connectivity index (χ0v) is 22.0. The zero-order chi connectivity index (χ0) is 29.4. The molecule has 0 bridgehead atoms. The van der Waals surface area contributed by atoms with Gasteiger partial charge in [0.25, 0.3) is 0 Å². The lowest BCUT2D eigenvalue weighted by atomic mass is 10.3. The molecule has 1 fully saturated rings. The topological polar surface area (TPSA) is 124 Å². The van der Waals surface area contributed by atoms with Crippen molar-refractivity contribution in [3.8, 4) is 94.7 Å². The molecule has 0 spiro atoms. The van der Waals surface area contributed by atoms with Gasteiger partial charge in [-0.2, -0.15) is 0 Å². The van der Waals surface area contributed by atoms with Crippen molar-refractivity contribution in [2.24, 2.45) is 0 Å². The maximum Gasteiger partial charge on any atom is 0.304 e. The molecular formula is C31H26N3O6-. The van der Waals surface area contributed by atoms with Gasteiger partial charge in [0, 0.05) is 51.8 Å². The monoisotopic (exact) mass is 536 g/mol. The first-order valence-corrected chi connectivity index (χ1v) is 12.1. The van der Waals surface area contributed by atoms with E-state index in [1.54, 1.807) is 11.8 Å². The molecule has 9 heteroatoms. The Morgan fingerprint density at radius 1 is 0.675 bits per heavy atom. The number of carbonyl (C=O) groups excluding carboxylic acids is 1. The first-order valence-electron chi connectivity index (χ1n) is 12.1. The highest BCUT2D eigenvalue weighted by molar-refractivity contribution is 5.67. The van der Waals surface area contributed by atoms with Gasteiger partial charge in [-0.05, 0) is 96.2 Å². The Hall–Kier alpha value is -5.23. The zero-order valence-electron chi connectivity index (χ0n) is 22.0. The summed E-state index contributed by atoms with van der Waals surface area (Å²) >= 11 is 0. The minimum absolute atomic E-state index is 0.105. The summed E-state index contributed by atoms with van der Waals surface area (Å²) in [5.41, 5.74) is 0. The number of nitrogens with zero attached hydrogens (tertiary/aromatic N) is 3. The predicted molar refractivity (Wildman–Crippen MR) is 145 cm³/mol. The van der Waals surface area contributed by atoms with E-state index < -0.39 is 24.1 Å². The molecule has 0 aromatic heterocycles. The molecule has 0 aliphatic carbocycles. The Bertz CT molecular complexity index is 1420. The van der Waals surface area contributed by atoms with Gasteiger partial charge in [0.15, 0.2) is 0 Å². The molecule has 1 aliphatic heterocycles. The first-order chi connectivity index (χ1) is 19.3. The van der Waals surface area contributed by atoms with E-state index in [0.29, 0.717) is 26.2 Å². The average molecular weight is 537 g/mol. The van der Waals surface area contributed by atoms with Crippen LogP contribution in [0.5, 0.6) is 0 Å². The minimum Gasteiger partial charge on any atom is -0.550 e. The summed E-state index contributed by atoms with van der Waals surface area (Å²) in [5.74, 6) is 38.2. The Kier molecular flexibility index (Phi) is 17.0. The number of aliphatic carboxylic acids is 3. The van der Waals surface area contributed by atoms with Crippen molar-refractivity contribution in [2.75, 3.05) is 45.8 Å². The van der Waals surface area contributed by atoms with Crippen LogP contribution in [0.1, 0.15) is 26.2 Å². The molecule has 0 aromatic rings. The van der Waals surface area contributed by atoms with Crippen LogP contribution in [0, 0.1) is 94.7 Å². The number of carbonyl (C=O) groups is 3. The molecule has 1 aliphatic rings. The van der Waals surface area contributed by atoms with Crippen LogP contribution in [0.2, 0.25) is 0 Å². The van der Waals surface area contributed by atoms with E-state index in [1.165, 1.54) is 0 Å². The second-order valence-corrected chi connectivity index (χ2v) is 7.84. The third-order valence-corrected chi connectivity index (χ3v) is 5.10. The molecule has 40 heavy (non-hydrogen) atoms. The van der Waals surface area contributed by atoms with Gasteiger partial charge in [-0.3, -0.25) is 19.4 Å². The third-order valence-electron chi connectivity index (χ3n) is 5.10. The summed E-state index contributed by atoms with van der Waals surface area (Å²) in [6.45, 7) is 4.44. The lowest BCUT2D eigenvalue weighted by Crippen LogP contribution is -2.43. The van der Waals surface area contributed by atoms with Gasteiger partial charge < -0.3 is 25.0 Å². The van der Waals surface area contributed by atoms with Crippen molar-refractivity contribution < 1.29 is 29.7 Å². The van der Waals surface area contributed by atoms with Crippen LogP contribution in [0.25, 0.3) is 0 Å². The molecule has 2 N–H and O–H groups in total. The predicted octanol–water partition coefficient (Wildman–Crippen LogP) is -1.63. The highest BCUT2D eigenvalue weighted by atomic mass is 16.4. The Labute approximate surface area is 235 Å². The number of hydrogen-bond acceptors (Lipinski definition) is 7. The molecular weight excluding hydrogens is 510 g/mol. The largest absolute Gasteiger partial charge is 0.550 e. The van der Waals surface area contributed by atoms with Crippen LogP contribution < -0.4 is 5.11 Å². The van der Waals surface area contributed by atoms with Crippen molar-refractivity contribution in [3.05, 3.63) is 0 Å². The second kappa shape index (κ2) is 20.8. The van der Waals surface area contributed by atoms with Crippen molar-refractivity contribution in [1.82, 2.24) is 14.7 Å². The van der Waals surface area contributed by atoms with Crippen molar-refractivity contribution in [1.29, 1.82) is 0 Å². The summed E-state index contributed by atoms with van der Waals surface area (Å²) in [7, 11) is 0. The van der Waals surface area contributed by atoms with Crippen molar-refractivity contribution in [3.63, 3.8) is 0 Å². The van der Waals surface area contributed by atoms with Gasteiger partial charge in [-0.1, -0.05) is 11.8 Å². The smallest absolute Gasteiger partial charge is 0.304 e. The fraction of sp³-hybridized carbons (Fsp3) is 0.387. The normalized spacial score (nSPS) is 13.0. The summed E-state index contributed by atoms with van der Waals surface area (Å²) < 4.78 is 0. The highest BCUT2D eigenvalue weighted by Gasteiger charge is 2.30. The van der Waals surface area contributed by atoms with Crippen LogP contribution >= 0.6 is 0 Å². The van der Waals surface area contributed by atoms with E-state index in [2.05, 4.69) is 94.7 Å². The average Bonchev–Trinajstić information content (AvgIpc) is 3.30. The molecule has 0 aromatic carbocycles. The number of rotatable bonds is 12. The maximum absolute atomic E-state index is 11.0. The van der Waals surface area contributed by atoms with Crippen molar-refractivity contribution in [2.45, 2.75) is 32.4 Å². The quantitative estimate of drug-likeness (QED) is 0.283. The summed E-state index contributed by atoms with van der Waals surface area (Å²) in [6, 6.07) is 0. The van der Waals surface area contributed by atoms with Crippen LogP contribution in [0.15, 0.2) is 0 Å². The molecule has 1 saturated heterocycles. The lowest BCUT2D eigenvalue weighted by Gasteiger charge is -2.28. The fourth-order valence-corrected chi connectivity index (χ4v) is 3.27. The van der Waals surface area contributed by atoms with Crippen LogP contribution in [-0.4, -0.2) is 94.8 Å². The standard InChI is InChI=1S/C31H27N3O6/c1-2-3-4-5-6-7-8-9-10-11-12-13-14-15-16-17-28-33(23-20-31(39)40)26-27-34(28)25-24-32(21-18-29(35)36)22-19-30(37)38/h28H,18-27H2,1H3,(H,35,36)(H,37,38)(H,39,40)/p-1. The number of carboxylic acid groups (broad SMARTS) is 3. The molecule has 1 atom stereocenters. The maximum atomic E-state index is 11.0. The second-order valence-electron chi connectivity index (χ2n) is 7.84. The first kappa shape index (κ1) is 32.8. The van der Waals surface area contributed by atoms with Gasteiger partial charge in [0.1, 0.15) is 6.17 Å². The van der Waals surface area contributed by atoms with E-state index in [1.807, 2.05) is 9.80 Å². The molecule has 202 valence electrons. The van der Waals surface area contributed by atoms with Gasteiger partial charge in [-0.15, -0.1) is 0 Å². The number of carboxylic acids is 3. The molecule has 9 nitrogen and oxygen atoms in total. The van der Waals surface area contributed by atoms with E-state index in [9.17, 15) is 19.5 Å². The van der Waals surface area contributed by atoms with Gasteiger partial charge >= 0.3 is 11.9 Å². The Morgan fingerprint density at radius 3 is 1.52 bits per heavy atom. The molecule has 0 amide bonds. The highest BCUT2D eigenvalue weighted by Crippen LogP contribution is 2.14. The van der Waals surface area contributed by atoms with Crippen LogP contribution in [-0.2, 0) is 14.4 Å². The van der Waals surface area contributed by atoms with Gasteiger partial charge in [0.2, 0.25) is 0 Å². The Morgan fingerprint density at radius 2 is 1.10 bits per heavy atom. The summed E-state index contributed by atoms with van der Waals surface area (Å²) in [6.07, 6.45) is -0.780. The van der Waals surface area contributed by atoms with E-state index >= 15 is 0 Å². The van der Waals surface area contributed by atoms with Gasteiger partial charge in [-0.25, -0.2) is 0 Å².